The molecule has 0 aromatic heterocycles. The third-order valence-electron chi connectivity index (χ3n) is 2.91. The van der Waals surface area contributed by atoms with E-state index in [1.165, 1.54) is 0 Å². The Morgan fingerprint density at radius 3 is 2.94 bits per heavy atom. The quantitative estimate of drug-likeness (QED) is 0.811. The highest BCUT2D eigenvalue weighted by Crippen LogP contribution is 2.33. The molecule has 2 rings (SSSR count). The molecule has 1 aromatic carbocycles. The monoisotopic (exact) mass is 250 g/mol. The molecular formula is C13H18N2O3. The third-order valence-corrected chi connectivity index (χ3v) is 2.91. The van der Waals surface area contributed by atoms with Gasteiger partial charge < -0.3 is 20.1 Å². The van der Waals surface area contributed by atoms with Gasteiger partial charge in [0, 0.05) is 6.54 Å². The minimum absolute atomic E-state index is 0.121. The Kier molecular flexibility index (Phi) is 3.84. The Bertz CT molecular complexity index is 436. The van der Waals surface area contributed by atoms with Crippen LogP contribution in [0.3, 0.4) is 0 Å². The molecule has 1 heterocycles. The van der Waals surface area contributed by atoms with Crippen LogP contribution in [0.25, 0.3) is 0 Å². The number of rotatable bonds is 4. The van der Waals surface area contributed by atoms with Crippen molar-refractivity contribution in [2.75, 3.05) is 25.0 Å². The number of benzene rings is 1. The van der Waals surface area contributed by atoms with Gasteiger partial charge in [0.05, 0.1) is 18.3 Å². The molecule has 0 aliphatic carbocycles. The van der Waals surface area contributed by atoms with Crippen molar-refractivity contribution in [2.45, 2.75) is 19.1 Å². The van der Waals surface area contributed by atoms with Crippen molar-refractivity contribution < 1.29 is 14.6 Å². The number of hydrogen-bond donors (Lipinski definition) is 2. The number of aliphatic hydroxyl groups excluding tert-OH is 1. The first-order valence-corrected chi connectivity index (χ1v) is 6.03. The number of carbonyl (C=O) groups is 1. The van der Waals surface area contributed by atoms with Crippen molar-refractivity contribution in [3.8, 4) is 5.75 Å². The SMILES string of the molecule is CNCC(O)CN1C(=O)C(C)Oc2ccccc21. The van der Waals surface area contributed by atoms with Gasteiger partial charge in [-0.2, -0.15) is 0 Å². The highest BCUT2D eigenvalue weighted by molar-refractivity contribution is 5.99. The molecule has 2 N–H and O–H groups in total. The summed E-state index contributed by atoms with van der Waals surface area (Å²) in [4.78, 5) is 13.7. The van der Waals surface area contributed by atoms with Crippen LogP contribution < -0.4 is 15.0 Å². The van der Waals surface area contributed by atoms with Gasteiger partial charge in [0.25, 0.3) is 5.91 Å². The summed E-state index contributed by atoms with van der Waals surface area (Å²) in [6.45, 7) is 2.43. The lowest BCUT2D eigenvalue weighted by molar-refractivity contribution is -0.125. The van der Waals surface area contributed by atoms with Gasteiger partial charge >= 0.3 is 0 Å². The second-order valence-electron chi connectivity index (χ2n) is 4.39. The molecule has 0 bridgehead atoms. The van der Waals surface area contributed by atoms with Crippen LogP contribution in [-0.4, -0.2) is 43.4 Å². The summed E-state index contributed by atoms with van der Waals surface area (Å²) in [6.07, 6.45) is -1.11. The van der Waals surface area contributed by atoms with Crippen molar-refractivity contribution in [1.29, 1.82) is 0 Å². The first kappa shape index (κ1) is 12.9. The summed E-state index contributed by atoms with van der Waals surface area (Å²) in [5.74, 6) is 0.560. The van der Waals surface area contributed by atoms with Gasteiger partial charge in [-0.25, -0.2) is 0 Å². The summed E-state index contributed by atoms with van der Waals surface area (Å²) < 4.78 is 5.53. The molecule has 2 atom stereocenters. The van der Waals surface area contributed by atoms with E-state index in [0.29, 0.717) is 12.3 Å². The summed E-state index contributed by atoms with van der Waals surface area (Å²) in [5.41, 5.74) is 0.718. The van der Waals surface area contributed by atoms with E-state index in [4.69, 9.17) is 4.74 Å². The molecule has 1 aliphatic rings. The zero-order valence-electron chi connectivity index (χ0n) is 10.6. The molecule has 0 spiro atoms. The normalized spacial score (nSPS) is 20.3. The number of carbonyl (C=O) groups excluding carboxylic acids is 1. The molecule has 0 saturated carbocycles. The molecule has 98 valence electrons. The molecule has 18 heavy (non-hydrogen) atoms. The Morgan fingerprint density at radius 2 is 2.22 bits per heavy atom. The topological polar surface area (TPSA) is 61.8 Å². The molecule has 5 nitrogen and oxygen atoms in total. The lowest BCUT2D eigenvalue weighted by Gasteiger charge is -2.34. The summed E-state index contributed by atoms with van der Waals surface area (Å²) in [6, 6.07) is 7.37. The van der Waals surface area contributed by atoms with E-state index >= 15 is 0 Å². The average molecular weight is 250 g/mol. The van der Waals surface area contributed by atoms with Crippen LogP contribution in [0, 0.1) is 0 Å². The molecule has 0 radical (unpaired) electrons. The van der Waals surface area contributed by atoms with Crippen molar-refractivity contribution in [1.82, 2.24) is 5.32 Å². The van der Waals surface area contributed by atoms with Gasteiger partial charge in [0.1, 0.15) is 5.75 Å². The Balaban J connectivity index is 2.24. The van der Waals surface area contributed by atoms with Gasteiger partial charge in [-0.3, -0.25) is 4.79 Å². The average Bonchev–Trinajstić information content (AvgIpc) is 2.35. The lowest BCUT2D eigenvalue weighted by Crippen LogP contribution is -2.48. The van der Waals surface area contributed by atoms with E-state index in [0.717, 1.165) is 5.69 Å². The molecule has 5 heteroatoms. The number of nitrogens with one attached hydrogen (secondary N) is 1. The maximum atomic E-state index is 12.1. The number of para-hydroxylation sites is 2. The van der Waals surface area contributed by atoms with Crippen molar-refractivity contribution in [3.63, 3.8) is 0 Å². The predicted molar refractivity (Wildman–Crippen MR) is 68.8 cm³/mol. The third kappa shape index (κ3) is 2.47. The van der Waals surface area contributed by atoms with Crippen LogP contribution in [0.5, 0.6) is 5.75 Å². The second kappa shape index (κ2) is 5.37. The Hall–Kier alpha value is -1.59. The summed E-state index contributed by atoms with van der Waals surface area (Å²) >= 11 is 0. The number of amides is 1. The number of aliphatic hydroxyl groups is 1. The van der Waals surface area contributed by atoms with Gasteiger partial charge in [0.2, 0.25) is 0 Å². The van der Waals surface area contributed by atoms with E-state index in [1.54, 1.807) is 18.9 Å². The Morgan fingerprint density at radius 1 is 1.50 bits per heavy atom. The zero-order valence-corrected chi connectivity index (χ0v) is 10.6. The lowest BCUT2D eigenvalue weighted by atomic mass is 10.1. The molecular weight excluding hydrogens is 232 g/mol. The van der Waals surface area contributed by atoms with Crippen LogP contribution in [0.1, 0.15) is 6.92 Å². The predicted octanol–water partition coefficient (Wildman–Crippen LogP) is 0.381. The van der Waals surface area contributed by atoms with Crippen molar-refractivity contribution in [3.05, 3.63) is 24.3 Å². The maximum absolute atomic E-state index is 12.1. The van der Waals surface area contributed by atoms with Crippen LogP contribution in [0.4, 0.5) is 5.69 Å². The molecule has 1 aromatic rings. The van der Waals surface area contributed by atoms with Gasteiger partial charge in [-0.05, 0) is 26.1 Å². The van der Waals surface area contributed by atoms with Gasteiger partial charge in [0.15, 0.2) is 6.10 Å². The highest BCUT2D eigenvalue weighted by atomic mass is 16.5. The standard InChI is InChI=1S/C13H18N2O3/c1-9-13(17)15(8-10(16)7-14-2)11-5-3-4-6-12(11)18-9/h3-6,9-10,14,16H,7-8H2,1-2H3. The van der Waals surface area contributed by atoms with Crippen LogP contribution >= 0.6 is 0 Å². The highest BCUT2D eigenvalue weighted by Gasteiger charge is 2.32. The zero-order chi connectivity index (χ0) is 13.1. The molecule has 2 unspecified atom stereocenters. The first-order valence-electron chi connectivity index (χ1n) is 6.03. The number of nitrogens with zero attached hydrogens (tertiary/aromatic N) is 1. The second-order valence-corrected chi connectivity index (χ2v) is 4.39. The first-order chi connectivity index (χ1) is 8.63. The fourth-order valence-corrected chi connectivity index (χ4v) is 2.06. The number of hydrogen-bond acceptors (Lipinski definition) is 4. The summed E-state index contributed by atoms with van der Waals surface area (Å²) in [5, 5.41) is 12.7. The van der Waals surface area contributed by atoms with Crippen molar-refractivity contribution >= 4 is 11.6 Å². The Labute approximate surface area is 106 Å². The number of β-amino-alcohol motifs (C(OH)–C–C–N with tert-alkyl or cyclic N) is 1. The number of ether oxygens (including phenoxy) is 1. The maximum Gasteiger partial charge on any atom is 0.267 e. The van der Waals surface area contributed by atoms with E-state index in [9.17, 15) is 9.90 Å². The summed E-state index contributed by atoms with van der Waals surface area (Å²) in [7, 11) is 1.76. The fraction of sp³-hybridized carbons (Fsp3) is 0.462. The van der Waals surface area contributed by atoms with E-state index in [2.05, 4.69) is 5.32 Å². The molecule has 1 aliphatic heterocycles. The van der Waals surface area contributed by atoms with E-state index < -0.39 is 12.2 Å². The largest absolute Gasteiger partial charge is 0.479 e. The van der Waals surface area contributed by atoms with E-state index in [-0.39, 0.29) is 12.5 Å². The van der Waals surface area contributed by atoms with Gasteiger partial charge in [-0.15, -0.1) is 0 Å². The van der Waals surface area contributed by atoms with Crippen LogP contribution in [-0.2, 0) is 4.79 Å². The fourth-order valence-electron chi connectivity index (χ4n) is 2.06. The minimum Gasteiger partial charge on any atom is -0.479 e. The smallest absolute Gasteiger partial charge is 0.267 e. The molecule has 1 amide bonds. The molecule has 0 fully saturated rings. The van der Waals surface area contributed by atoms with Crippen molar-refractivity contribution in [2.24, 2.45) is 0 Å². The van der Waals surface area contributed by atoms with E-state index in [1.807, 2.05) is 24.3 Å². The van der Waals surface area contributed by atoms with Gasteiger partial charge in [-0.1, -0.05) is 12.1 Å². The number of anilines is 1. The molecule has 0 saturated heterocycles. The number of likely N-dealkylation sites (N-methyl/N-ethyl adjacent to an activating group) is 1. The minimum atomic E-state index is -0.600. The number of fused-ring (bicyclic) bond motifs is 1. The van der Waals surface area contributed by atoms with Crippen LogP contribution in [0.15, 0.2) is 24.3 Å². The van der Waals surface area contributed by atoms with Crippen LogP contribution in [0.2, 0.25) is 0 Å².